The fraction of sp³-hybridized carbons (Fsp3) is 0.846. The first kappa shape index (κ1) is 15.0. The van der Waals surface area contributed by atoms with E-state index in [1.54, 1.807) is 0 Å². The molecule has 5 nitrogen and oxygen atoms in total. The molecule has 18 heavy (non-hydrogen) atoms. The number of aliphatic carboxylic acids is 1. The maximum atomic E-state index is 12.0. The SMILES string of the molecule is CCCC(CNC(=O)C1(N)CCCCC1)C(=O)O. The van der Waals surface area contributed by atoms with Crippen molar-refractivity contribution in [1.29, 1.82) is 0 Å². The number of hydrogen-bond donors (Lipinski definition) is 3. The van der Waals surface area contributed by atoms with Crippen LogP contribution >= 0.6 is 0 Å². The summed E-state index contributed by atoms with van der Waals surface area (Å²) in [5, 5.41) is 11.7. The molecule has 5 heteroatoms. The Kier molecular flexibility index (Phi) is 5.59. The second-order valence-electron chi connectivity index (χ2n) is 5.25. The molecular formula is C13H24N2O3. The van der Waals surface area contributed by atoms with E-state index in [0.717, 1.165) is 25.7 Å². The molecule has 0 spiro atoms. The van der Waals surface area contributed by atoms with Crippen LogP contribution in [0, 0.1) is 5.92 Å². The van der Waals surface area contributed by atoms with Gasteiger partial charge in [0.05, 0.1) is 11.5 Å². The highest BCUT2D eigenvalue weighted by atomic mass is 16.4. The van der Waals surface area contributed by atoms with Crippen molar-refractivity contribution in [3.63, 3.8) is 0 Å². The Hall–Kier alpha value is -1.10. The van der Waals surface area contributed by atoms with E-state index in [9.17, 15) is 9.59 Å². The van der Waals surface area contributed by atoms with E-state index in [0.29, 0.717) is 19.3 Å². The standard InChI is InChI=1S/C13H24N2O3/c1-2-6-10(11(16)17)9-15-12(18)13(14)7-4-3-5-8-13/h10H,2-9,14H2,1H3,(H,15,18)(H,16,17). The predicted molar refractivity (Wildman–Crippen MR) is 69.0 cm³/mol. The van der Waals surface area contributed by atoms with Gasteiger partial charge in [0.2, 0.25) is 5.91 Å². The minimum atomic E-state index is -0.855. The Morgan fingerprint density at radius 2 is 1.94 bits per heavy atom. The first-order chi connectivity index (χ1) is 8.49. The molecule has 1 atom stereocenters. The molecule has 0 aromatic rings. The Morgan fingerprint density at radius 3 is 2.44 bits per heavy atom. The lowest BCUT2D eigenvalue weighted by atomic mass is 9.82. The van der Waals surface area contributed by atoms with E-state index in [1.807, 2.05) is 6.92 Å². The van der Waals surface area contributed by atoms with Crippen molar-refractivity contribution >= 4 is 11.9 Å². The summed E-state index contributed by atoms with van der Waals surface area (Å²) in [5.74, 6) is -1.55. The molecule has 104 valence electrons. The number of nitrogens with two attached hydrogens (primary N) is 1. The Bertz CT molecular complexity index is 299. The smallest absolute Gasteiger partial charge is 0.308 e. The van der Waals surface area contributed by atoms with Gasteiger partial charge in [-0.25, -0.2) is 0 Å². The molecule has 0 heterocycles. The summed E-state index contributed by atoms with van der Waals surface area (Å²) in [4.78, 5) is 23.0. The monoisotopic (exact) mass is 256 g/mol. The van der Waals surface area contributed by atoms with E-state index in [1.165, 1.54) is 0 Å². The summed E-state index contributed by atoms with van der Waals surface area (Å²) in [7, 11) is 0. The topological polar surface area (TPSA) is 92.4 Å². The van der Waals surface area contributed by atoms with Crippen LogP contribution < -0.4 is 11.1 Å². The lowest BCUT2D eigenvalue weighted by Crippen LogP contribution is -2.55. The fourth-order valence-electron chi connectivity index (χ4n) is 2.46. The largest absolute Gasteiger partial charge is 0.481 e. The number of carbonyl (C=O) groups is 2. The number of nitrogens with one attached hydrogen (secondary N) is 1. The highest BCUT2D eigenvalue weighted by Gasteiger charge is 2.35. The zero-order valence-corrected chi connectivity index (χ0v) is 11.1. The molecule has 0 saturated heterocycles. The van der Waals surface area contributed by atoms with Crippen LogP contribution in [0.3, 0.4) is 0 Å². The van der Waals surface area contributed by atoms with Crippen LogP contribution in [0.4, 0.5) is 0 Å². The van der Waals surface area contributed by atoms with Gasteiger partial charge in [-0.1, -0.05) is 32.6 Å². The zero-order chi connectivity index (χ0) is 13.6. The van der Waals surface area contributed by atoms with Crippen LogP contribution in [0.25, 0.3) is 0 Å². The summed E-state index contributed by atoms with van der Waals surface area (Å²) in [6.07, 6.45) is 5.84. The average Bonchev–Trinajstić information content (AvgIpc) is 2.34. The van der Waals surface area contributed by atoms with E-state index in [4.69, 9.17) is 10.8 Å². The van der Waals surface area contributed by atoms with Gasteiger partial charge in [0.15, 0.2) is 0 Å². The second kappa shape index (κ2) is 6.73. The first-order valence-electron chi connectivity index (χ1n) is 6.79. The molecule has 1 aliphatic rings. The van der Waals surface area contributed by atoms with Crippen molar-refractivity contribution in [2.45, 2.75) is 57.4 Å². The second-order valence-corrected chi connectivity index (χ2v) is 5.25. The maximum absolute atomic E-state index is 12.0. The normalized spacial score (nSPS) is 20.1. The van der Waals surface area contributed by atoms with Crippen LogP contribution in [-0.2, 0) is 9.59 Å². The molecule has 4 N–H and O–H groups in total. The van der Waals surface area contributed by atoms with Crippen LogP contribution in [0.15, 0.2) is 0 Å². The lowest BCUT2D eigenvalue weighted by Gasteiger charge is -2.32. The third-order valence-electron chi connectivity index (χ3n) is 3.69. The predicted octanol–water partition coefficient (Wildman–Crippen LogP) is 1.27. The van der Waals surface area contributed by atoms with E-state index in [-0.39, 0.29) is 12.5 Å². The molecule has 1 saturated carbocycles. The van der Waals surface area contributed by atoms with Crippen LogP contribution in [0.1, 0.15) is 51.9 Å². The van der Waals surface area contributed by atoms with Gasteiger partial charge >= 0.3 is 5.97 Å². The molecule has 0 aromatic heterocycles. The summed E-state index contributed by atoms with van der Waals surface area (Å²) >= 11 is 0. The Balaban J connectivity index is 2.45. The van der Waals surface area contributed by atoms with Gasteiger partial charge in [0, 0.05) is 6.54 Å². The highest BCUT2D eigenvalue weighted by molar-refractivity contribution is 5.86. The molecule has 0 aromatic carbocycles. The number of carboxylic acid groups (broad SMARTS) is 1. The molecule has 0 aliphatic heterocycles. The maximum Gasteiger partial charge on any atom is 0.308 e. The van der Waals surface area contributed by atoms with Gasteiger partial charge in [-0.3, -0.25) is 9.59 Å². The molecular weight excluding hydrogens is 232 g/mol. The number of rotatable bonds is 6. The summed E-state index contributed by atoms with van der Waals surface area (Å²) < 4.78 is 0. The molecule has 1 unspecified atom stereocenters. The minimum absolute atomic E-state index is 0.182. The van der Waals surface area contributed by atoms with Gasteiger partial charge < -0.3 is 16.2 Å². The molecule has 1 amide bonds. The van der Waals surface area contributed by atoms with Crippen molar-refractivity contribution in [1.82, 2.24) is 5.32 Å². The van der Waals surface area contributed by atoms with Gasteiger partial charge in [-0.15, -0.1) is 0 Å². The summed E-state index contributed by atoms with van der Waals surface area (Å²) in [5.41, 5.74) is 5.30. The van der Waals surface area contributed by atoms with Gasteiger partial charge in [-0.2, -0.15) is 0 Å². The summed E-state index contributed by atoms with van der Waals surface area (Å²) in [6, 6.07) is 0. The van der Waals surface area contributed by atoms with Crippen molar-refractivity contribution < 1.29 is 14.7 Å². The highest BCUT2D eigenvalue weighted by Crippen LogP contribution is 2.26. The summed E-state index contributed by atoms with van der Waals surface area (Å²) in [6.45, 7) is 2.12. The van der Waals surface area contributed by atoms with Crippen molar-refractivity contribution in [3.8, 4) is 0 Å². The Morgan fingerprint density at radius 1 is 1.33 bits per heavy atom. The molecule has 0 bridgehead atoms. The van der Waals surface area contributed by atoms with Gasteiger partial charge in [0.1, 0.15) is 0 Å². The Labute approximate surface area is 108 Å². The number of carbonyl (C=O) groups excluding carboxylic acids is 1. The lowest BCUT2D eigenvalue weighted by molar-refractivity contribution is -0.142. The van der Waals surface area contributed by atoms with Gasteiger partial charge in [0.25, 0.3) is 0 Å². The molecule has 1 fully saturated rings. The number of carboxylic acids is 1. The average molecular weight is 256 g/mol. The molecule has 1 rings (SSSR count). The van der Waals surface area contributed by atoms with Crippen molar-refractivity contribution in [3.05, 3.63) is 0 Å². The van der Waals surface area contributed by atoms with E-state index in [2.05, 4.69) is 5.32 Å². The third kappa shape index (κ3) is 3.98. The van der Waals surface area contributed by atoms with E-state index < -0.39 is 17.4 Å². The first-order valence-corrected chi connectivity index (χ1v) is 6.79. The number of hydrogen-bond acceptors (Lipinski definition) is 3. The van der Waals surface area contributed by atoms with Crippen LogP contribution in [0.5, 0.6) is 0 Å². The van der Waals surface area contributed by atoms with Crippen LogP contribution in [-0.4, -0.2) is 29.1 Å². The van der Waals surface area contributed by atoms with Crippen molar-refractivity contribution in [2.75, 3.05) is 6.54 Å². The van der Waals surface area contributed by atoms with Gasteiger partial charge in [-0.05, 0) is 19.3 Å². The number of amides is 1. The van der Waals surface area contributed by atoms with Crippen molar-refractivity contribution in [2.24, 2.45) is 11.7 Å². The fourth-order valence-corrected chi connectivity index (χ4v) is 2.46. The van der Waals surface area contributed by atoms with Crippen LogP contribution in [0.2, 0.25) is 0 Å². The zero-order valence-electron chi connectivity index (χ0n) is 11.1. The van der Waals surface area contributed by atoms with E-state index >= 15 is 0 Å². The minimum Gasteiger partial charge on any atom is -0.481 e. The molecule has 0 radical (unpaired) electrons. The molecule has 1 aliphatic carbocycles. The third-order valence-corrected chi connectivity index (χ3v) is 3.69. The quantitative estimate of drug-likeness (QED) is 0.667.